The smallest absolute Gasteiger partial charge is 0.339 e. The van der Waals surface area contributed by atoms with Crippen LogP contribution in [0.1, 0.15) is 35.3 Å². The molecule has 0 aliphatic heterocycles. The molecule has 3 aromatic rings. The molecule has 0 radical (unpaired) electrons. The number of rotatable bonds is 13. The van der Waals surface area contributed by atoms with Crippen molar-refractivity contribution in [2.45, 2.75) is 25.7 Å². The summed E-state index contributed by atoms with van der Waals surface area (Å²) in [5, 5.41) is 4.02. The molecule has 0 aromatic heterocycles. The third-order valence-electron chi connectivity index (χ3n) is 5.08. The summed E-state index contributed by atoms with van der Waals surface area (Å²) in [6, 6.07) is 14.3. The summed E-state index contributed by atoms with van der Waals surface area (Å²) in [5.74, 6) is 0.651. The SMILES string of the molecule is C=CCOc1ccc(C(=O)N/N=C/c2cc(Br)c(OS(=O)(=O)c3ccc(C)cc3)c(OCC)c2)cc1OCC. The number of ether oxygens (including phenoxy) is 3. The van der Waals surface area contributed by atoms with Gasteiger partial charge in [-0.1, -0.05) is 30.4 Å². The number of halogens is 1. The van der Waals surface area contributed by atoms with Gasteiger partial charge in [0.25, 0.3) is 5.91 Å². The third kappa shape index (κ3) is 8.08. The molecule has 3 aromatic carbocycles. The van der Waals surface area contributed by atoms with Gasteiger partial charge < -0.3 is 18.4 Å². The number of hydrazone groups is 1. The molecule has 0 heterocycles. The molecule has 3 rings (SSSR count). The minimum Gasteiger partial charge on any atom is -0.490 e. The summed E-state index contributed by atoms with van der Waals surface area (Å²) >= 11 is 3.36. The number of amides is 1. The van der Waals surface area contributed by atoms with Crippen LogP contribution in [0.3, 0.4) is 0 Å². The Labute approximate surface area is 236 Å². The minimum absolute atomic E-state index is 0.000766. The Morgan fingerprint density at radius 2 is 1.67 bits per heavy atom. The number of nitrogens with one attached hydrogen (secondary N) is 1. The lowest BCUT2D eigenvalue weighted by Gasteiger charge is -2.14. The first kappa shape index (κ1) is 29.7. The molecule has 0 fully saturated rings. The second-order valence-electron chi connectivity index (χ2n) is 8.01. The average Bonchev–Trinajstić information content (AvgIpc) is 2.90. The fourth-order valence-corrected chi connectivity index (χ4v) is 4.89. The Balaban J connectivity index is 1.78. The van der Waals surface area contributed by atoms with E-state index in [1.54, 1.807) is 55.5 Å². The highest BCUT2D eigenvalue weighted by molar-refractivity contribution is 9.10. The maximum atomic E-state index is 12.8. The maximum absolute atomic E-state index is 12.8. The standard InChI is InChI=1S/C28H29BrN2O7S/c1-5-14-37-24-13-10-21(17-25(24)35-6-2)28(32)31-30-18-20-15-23(29)27(26(16-20)36-7-3)38-39(33,34)22-11-8-19(4)9-12-22/h5,8-13,15-18H,1,6-7,14H2,2-4H3,(H,31,32)/b30-18+. The van der Waals surface area contributed by atoms with Gasteiger partial charge in [0.2, 0.25) is 0 Å². The van der Waals surface area contributed by atoms with Gasteiger partial charge in [0.15, 0.2) is 23.0 Å². The summed E-state index contributed by atoms with van der Waals surface area (Å²) in [4.78, 5) is 12.7. The van der Waals surface area contributed by atoms with Crippen molar-refractivity contribution >= 4 is 38.2 Å². The zero-order chi connectivity index (χ0) is 28.4. The molecule has 0 saturated carbocycles. The summed E-state index contributed by atoms with van der Waals surface area (Å²) in [6.45, 7) is 10.0. The van der Waals surface area contributed by atoms with Crippen molar-refractivity contribution < 1.29 is 31.6 Å². The average molecular weight is 618 g/mol. The van der Waals surface area contributed by atoms with Crippen LogP contribution >= 0.6 is 15.9 Å². The van der Waals surface area contributed by atoms with Gasteiger partial charge in [0.1, 0.15) is 11.5 Å². The normalized spacial score (nSPS) is 11.2. The van der Waals surface area contributed by atoms with Gasteiger partial charge in [-0.3, -0.25) is 4.79 Å². The van der Waals surface area contributed by atoms with Crippen LogP contribution in [0.4, 0.5) is 0 Å². The topological polar surface area (TPSA) is 113 Å². The molecule has 39 heavy (non-hydrogen) atoms. The quantitative estimate of drug-likeness (QED) is 0.114. The molecule has 0 aliphatic carbocycles. The molecule has 1 amide bonds. The van der Waals surface area contributed by atoms with Crippen molar-refractivity contribution in [2.75, 3.05) is 19.8 Å². The second-order valence-corrected chi connectivity index (χ2v) is 10.4. The van der Waals surface area contributed by atoms with E-state index in [2.05, 4.69) is 33.0 Å². The number of carbonyl (C=O) groups excluding carboxylic acids is 1. The number of hydrogen-bond donors (Lipinski definition) is 1. The van der Waals surface area contributed by atoms with E-state index in [1.165, 1.54) is 18.3 Å². The van der Waals surface area contributed by atoms with Crippen molar-refractivity contribution in [1.29, 1.82) is 0 Å². The zero-order valence-corrected chi connectivity index (χ0v) is 24.2. The van der Waals surface area contributed by atoms with Crippen molar-refractivity contribution in [3.63, 3.8) is 0 Å². The van der Waals surface area contributed by atoms with E-state index in [4.69, 9.17) is 18.4 Å². The van der Waals surface area contributed by atoms with Gasteiger partial charge in [0, 0.05) is 5.56 Å². The third-order valence-corrected chi connectivity index (χ3v) is 6.90. The lowest BCUT2D eigenvalue weighted by molar-refractivity contribution is 0.0954. The summed E-state index contributed by atoms with van der Waals surface area (Å²) in [5.41, 5.74) is 4.23. The van der Waals surface area contributed by atoms with Gasteiger partial charge >= 0.3 is 10.1 Å². The molecular formula is C28H29BrN2O7S. The Bertz CT molecular complexity index is 1460. The number of hydrogen-bond acceptors (Lipinski definition) is 8. The Hall–Kier alpha value is -3.83. The van der Waals surface area contributed by atoms with E-state index in [1.807, 2.05) is 13.8 Å². The molecular weight excluding hydrogens is 588 g/mol. The molecule has 11 heteroatoms. The predicted octanol–water partition coefficient (Wildman–Crippen LogP) is 5.65. The molecule has 206 valence electrons. The predicted molar refractivity (Wildman–Crippen MR) is 153 cm³/mol. The van der Waals surface area contributed by atoms with Crippen LogP contribution in [0.5, 0.6) is 23.0 Å². The van der Waals surface area contributed by atoms with Gasteiger partial charge in [-0.05, 0) is 84.7 Å². The number of nitrogens with zero attached hydrogens (tertiary/aromatic N) is 1. The summed E-state index contributed by atoms with van der Waals surface area (Å²) < 4.78 is 48.2. The highest BCUT2D eigenvalue weighted by Crippen LogP contribution is 2.38. The first-order valence-corrected chi connectivity index (χ1v) is 14.2. The number of aryl methyl sites for hydroxylation is 1. The van der Waals surface area contributed by atoms with Gasteiger partial charge in [-0.15, -0.1) is 0 Å². The van der Waals surface area contributed by atoms with Crippen molar-refractivity contribution in [2.24, 2.45) is 5.10 Å². The monoisotopic (exact) mass is 616 g/mol. The number of carbonyl (C=O) groups is 1. The molecule has 0 spiro atoms. The fraction of sp³-hybridized carbons (Fsp3) is 0.214. The molecule has 0 atom stereocenters. The molecule has 0 saturated heterocycles. The van der Waals surface area contributed by atoms with E-state index < -0.39 is 16.0 Å². The zero-order valence-electron chi connectivity index (χ0n) is 21.8. The van der Waals surface area contributed by atoms with Crippen LogP contribution in [0.15, 0.2) is 81.7 Å². The highest BCUT2D eigenvalue weighted by Gasteiger charge is 2.22. The lowest BCUT2D eigenvalue weighted by atomic mass is 10.2. The molecule has 9 nitrogen and oxygen atoms in total. The summed E-state index contributed by atoms with van der Waals surface area (Å²) in [6.07, 6.45) is 3.01. The Morgan fingerprint density at radius 3 is 2.33 bits per heavy atom. The van der Waals surface area contributed by atoms with E-state index in [-0.39, 0.29) is 23.0 Å². The summed E-state index contributed by atoms with van der Waals surface area (Å²) in [7, 11) is -4.11. The number of benzene rings is 3. The van der Waals surface area contributed by atoms with Crippen LogP contribution in [0, 0.1) is 6.92 Å². The van der Waals surface area contributed by atoms with E-state index in [9.17, 15) is 13.2 Å². The van der Waals surface area contributed by atoms with Crippen LogP contribution in [0.2, 0.25) is 0 Å². The van der Waals surface area contributed by atoms with E-state index in [0.717, 1.165) is 5.56 Å². The largest absolute Gasteiger partial charge is 0.490 e. The first-order chi connectivity index (χ1) is 18.7. The van der Waals surface area contributed by atoms with Crippen molar-refractivity contribution in [1.82, 2.24) is 5.43 Å². The van der Waals surface area contributed by atoms with Gasteiger partial charge in [0.05, 0.1) is 23.9 Å². The van der Waals surface area contributed by atoms with Crippen LogP contribution in [0.25, 0.3) is 0 Å². The maximum Gasteiger partial charge on any atom is 0.339 e. The van der Waals surface area contributed by atoms with Crippen LogP contribution in [-0.2, 0) is 10.1 Å². The minimum atomic E-state index is -4.11. The Kier molecular flexibility index (Phi) is 10.5. The van der Waals surface area contributed by atoms with Crippen molar-refractivity contribution in [3.8, 4) is 23.0 Å². The van der Waals surface area contributed by atoms with E-state index >= 15 is 0 Å². The van der Waals surface area contributed by atoms with Gasteiger partial charge in [-0.2, -0.15) is 13.5 Å². The van der Waals surface area contributed by atoms with Gasteiger partial charge in [-0.25, -0.2) is 5.43 Å². The molecule has 0 bridgehead atoms. The van der Waals surface area contributed by atoms with Crippen LogP contribution < -0.4 is 23.8 Å². The van der Waals surface area contributed by atoms with Crippen LogP contribution in [-0.4, -0.2) is 40.4 Å². The second kappa shape index (κ2) is 13.8. The molecule has 0 unspecified atom stereocenters. The Morgan fingerprint density at radius 1 is 0.974 bits per heavy atom. The highest BCUT2D eigenvalue weighted by atomic mass is 79.9. The molecule has 1 N–H and O–H groups in total. The van der Waals surface area contributed by atoms with E-state index in [0.29, 0.717) is 40.3 Å². The lowest BCUT2D eigenvalue weighted by Crippen LogP contribution is -2.18. The molecule has 0 aliphatic rings. The van der Waals surface area contributed by atoms with Crippen molar-refractivity contribution in [3.05, 3.63) is 88.4 Å². The fourth-order valence-electron chi connectivity index (χ4n) is 3.28. The first-order valence-electron chi connectivity index (χ1n) is 12.0.